The van der Waals surface area contributed by atoms with E-state index in [1.54, 1.807) is 0 Å². The van der Waals surface area contributed by atoms with Crippen LogP contribution in [-0.2, 0) is 9.59 Å². The van der Waals surface area contributed by atoms with Gasteiger partial charge in [-0.15, -0.1) is 0 Å². The van der Waals surface area contributed by atoms with E-state index < -0.39 is 12.1 Å². The van der Waals surface area contributed by atoms with Crippen molar-refractivity contribution in [3.63, 3.8) is 0 Å². The van der Waals surface area contributed by atoms with Crippen molar-refractivity contribution >= 4 is 11.9 Å². The Kier molecular flexibility index (Phi) is 4.21. The van der Waals surface area contributed by atoms with E-state index in [-0.39, 0.29) is 18.9 Å². The highest BCUT2D eigenvalue weighted by molar-refractivity contribution is 5.73. The maximum atomic E-state index is 10.3. The van der Waals surface area contributed by atoms with Crippen LogP contribution in [-0.4, -0.2) is 34.7 Å². The van der Waals surface area contributed by atoms with Crippen LogP contribution < -0.4 is 5.32 Å². The predicted molar refractivity (Wildman–Crippen MR) is 36.9 cm³/mol. The summed E-state index contributed by atoms with van der Waals surface area (Å²) < 4.78 is 0. The van der Waals surface area contributed by atoms with Crippen molar-refractivity contribution in [1.29, 1.82) is 0 Å². The minimum Gasteiger partial charge on any atom is -0.479 e. The van der Waals surface area contributed by atoms with Gasteiger partial charge in [0.25, 0.3) is 0 Å². The van der Waals surface area contributed by atoms with E-state index in [1.165, 1.54) is 6.92 Å². The zero-order valence-electron chi connectivity index (χ0n) is 6.20. The van der Waals surface area contributed by atoms with Gasteiger partial charge in [-0.25, -0.2) is 4.79 Å². The molecule has 0 spiro atoms. The molecule has 0 aliphatic carbocycles. The zero-order chi connectivity index (χ0) is 8.85. The molecule has 0 aromatic heterocycles. The summed E-state index contributed by atoms with van der Waals surface area (Å²) in [6.07, 6.45) is -1.35. The van der Waals surface area contributed by atoms with Gasteiger partial charge in [0.15, 0.2) is 6.10 Å². The molecule has 0 aromatic carbocycles. The number of carboxylic acid groups (broad SMARTS) is 1. The highest BCUT2D eigenvalue weighted by Crippen LogP contribution is 1.88. The smallest absolute Gasteiger partial charge is 0.332 e. The number of hydrogen-bond acceptors (Lipinski definition) is 3. The molecule has 0 aromatic rings. The molecule has 0 aliphatic rings. The van der Waals surface area contributed by atoms with Crippen molar-refractivity contribution in [3.8, 4) is 0 Å². The molecule has 3 N–H and O–H groups in total. The third-order valence-electron chi connectivity index (χ3n) is 1.08. The molecule has 1 amide bonds. The lowest BCUT2D eigenvalue weighted by Gasteiger charge is -2.04. The van der Waals surface area contributed by atoms with Gasteiger partial charge in [-0.1, -0.05) is 0 Å². The van der Waals surface area contributed by atoms with Gasteiger partial charge in [0, 0.05) is 19.9 Å². The van der Waals surface area contributed by atoms with Crippen LogP contribution >= 0.6 is 0 Å². The molecule has 0 fully saturated rings. The number of carbonyl (C=O) groups is 2. The van der Waals surface area contributed by atoms with Crippen molar-refractivity contribution in [2.45, 2.75) is 19.4 Å². The molecule has 0 heterocycles. The lowest BCUT2D eigenvalue weighted by atomic mass is 10.2. The molecule has 0 saturated carbocycles. The summed E-state index contributed by atoms with van der Waals surface area (Å²) in [4.78, 5) is 20.3. The van der Waals surface area contributed by atoms with E-state index in [2.05, 4.69) is 5.32 Å². The van der Waals surface area contributed by atoms with Crippen LogP contribution in [0.4, 0.5) is 0 Å². The van der Waals surface area contributed by atoms with Crippen LogP contribution in [0.5, 0.6) is 0 Å². The number of amides is 1. The van der Waals surface area contributed by atoms with Gasteiger partial charge in [-0.05, 0) is 0 Å². The molecule has 0 rings (SSSR count). The summed E-state index contributed by atoms with van der Waals surface area (Å²) in [5.41, 5.74) is 0. The first-order valence-electron chi connectivity index (χ1n) is 3.19. The number of aliphatic hydroxyl groups is 1. The van der Waals surface area contributed by atoms with Crippen molar-refractivity contribution in [3.05, 3.63) is 0 Å². The normalized spacial score (nSPS) is 12.2. The van der Waals surface area contributed by atoms with Crippen molar-refractivity contribution in [2.75, 3.05) is 6.54 Å². The quantitative estimate of drug-likeness (QED) is 0.491. The second-order valence-electron chi connectivity index (χ2n) is 2.13. The van der Waals surface area contributed by atoms with E-state index in [0.717, 1.165) is 0 Å². The van der Waals surface area contributed by atoms with Gasteiger partial charge in [-0.2, -0.15) is 0 Å². The van der Waals surface area contributed by atoms with Crippen molar-refractivity contribution < 1.29 is 19.8 Å². The Balaban J connectivity index is 3.39. The molecular formula is C6H11NO4. The highest BCUT2D eigenvalue weighted by atomic mass is 16.4. The Hall–Kier alpha value is -1.10. The minimum absolute atomic E-state index is 0.0366. The first kappa shape index (κ1) is 9.90. The van der Waals surface area contributed by atoms with Gasteiger partial charge in [0.1, 0.15) is 0 Å². The number of carbonyl (C=O) groups excluding carboxylic acids is 1. The summed E-state index contributed by atoms with van der Waals surface area (Å²) in [5.74, 6) is -1.50. The van der Waals surface area contributed by atoms with E-state index in [4.69, 9.17) is 10.2 Å². The molecule has 5 heteroatoms. The lowest BCUT2D eigenvalue weighted by Crippen LogP contribution is -2.28. The summed E-state index contributed by atoms with van der Waals surface area (Å²) in [7, 11) is 0. The van der Waals surface area contributed by atoms with E-state index in [9.17, 15) is 9.59 Å². The summed E-state index contributed by atoms with van der Waals surface area (Å²) in [5, 5.41) is 19.2. The summed E-state index contributed by atoms with van der Waals surface area (Å²) in [6.45, 7) is 1.51. The first-order chi connectivity index (χ1) is 5.04. The molecule has 0 radical (unpaired) electrons. The molecule has 5 nitrogen and oxygen atoms in total. The average molecular weight is 161 g/mol. The molecular weight excluding hydrogens is 150 g/mol. The van der Waals surface area contributed by atoms with Gasteiger partial charge < -0.3 is 15.5 Å². The van der Waals surface area contributed by atoms with Crippen molar-refractivity contribution in [2.24, 2.45) is 0 Å². The minimum atomic E-state index is -1.39. The maximum absolute atomic E-state index is 10.3. The van der Waals surface area contributed by atoms with Crippen molar-refractivity contribution in [1.82, 2.24) is 5.32 Å². The molecule has 11 heavy (non-hydrogen) atoms. The Bertz CT molecular complexity index is 157. The molecule has 0 saturated heterocycles. The molecule has 0 aliphatic heterocycles. The van der Waals surface area contributed by atoms with Crippen LogP contribution in [0, 0.1) is 0 Å². The standard InChI is InChI=1S/C6H11NO4/c1-4(8)7-3-2-5(9)6(10)11/h5,9H,2-3H2,1H3,(H,7,8)(H,10,11)/t5-/m1/s1. The van der Waals surface area contributed by atoms with Gasteiger partial charge in [-0.3, -0.25) is 4.79 Å². The largest absolute Gasteiger partial charge is 0.479 e. The fourth-order valence-electron chi connectivity index (χ4n) is 0.508. The second kappa shape index (κ2) is 4.68. The zero-order valence-corrected chi connectivity index (χ0v) is 6.20. The third-order valence-corrected chi connectivity index (χ3v) is 1.08. The van der Waals surface area contributed by atoms with Crippen LogP contribution in [0.1, 0.15) is 13.3 Å². The molecule has 1 atom stereocenters. The lowest BCUT2D eigenvalue weighted by molar-refractivity contribution is -0.147. The van der Waals surface area contributed by atoms with Gasteiger partial charge in [0.05, 0.1) is 0 Å². The average Bonchev–Trinajstić information content (AvgIpc) is 1.86. The van der Waals surface area contributed by atoms with Crippen LogP contribution in [0.15, 0.2) is 0 Å². The molecule has 0 unspecified atom stereocenters. The number of nitrogens with one attached hydrogen (secondary N) is 1. The Morgan fingerprint density at radius 3 is 2.45 bits per heavy atom. The summed E-state index contributed by atoms with van der Waals surface area (Å²) >= 11 is 0. The predicted octanol–water partition coefficient (Wildman–Crippen LogP) is -1.04. The maximum Gasteiger partial charge on any atom is 0.332 e. The molecule has 64 valence electrons. The van der Waals surface area contributed by atoms with E-state index >= 15 is 0 Å². The summed E-state index contributed by atoms with van der Waals surface area (Å²) in [6, 6.07) is 0. The van der Waals surface area contributed by atoms with Crippen LogP contribution in [0.2, 0.25) is 0 Å². The van der Waals surface area contributed by atoms with Crippen LogP contribution in [0.3, 0.4) is 0 Å². The van der Waals surface area contributed by atoms with Crippen LogP contribution in [0.25, 0.3) is 0 Å². The number of rotatable bonds is 4. The fourth-order valence-corrected chi connectivity index (χ4v) is 0.508. The van der Waals surface area contributed by atoms with Gasteiger partial charge in [0.2, 0.25) is 5.91 Å². The van der Waals surface area contributed by atoms with E-state index in [1.807, 2.05) is 0 Å². The number of aliphatic carboxylic acids is 1. The topological polar surface area (TPSA) is 86.6 Å². The molecule has 0 bridgehead atoms. The Morgan fingerprint density at radius 1 is 1.55 bits per heavy atom. The first-order valence-corrected chi connectivity index (χ1v) is 3.19. The highest BCUT2D eigenvalue weighted by Gasteiger charge is 2.11. The Morgan fingerprint density at radius 2 is 2.09 bits per heavy atom. The SMILES string of the molecule is CC(=O)NCC[C@@H](O)C(=O)O. The number of hydrogen-bond donors (Lipinski definition) is 3. The number of aliphatic hydroxyl groups excluding tert-OH is 1. The fraction of sp³-hybridized carbons (Fsp3) is 0.667. The number of carboxylic acids is 1. The monoisotopic (exact) mass is 161 g/mol. The van der Waals surface area contributed by atoms with Gasteiger partial charge >= 0.3 is 5.97 Å². The Labute approximate surface area is 64.0 Å². The van der Waals surface area contributed by atoms with E-state index in [0.29, 0.717) is 0 Å². The third kappa shape index (κ3) is 5.35. The second-order valence-corrected chi connectivity index (χ2v) is 2.13.